The van der Waals surface area contributed by atoms with Crippen LogP contribution in [0.2, 0.25) is 0 Å². The number of nitrogens with zero attached hydrogens (tertiary/aromatic N) is 2. The number of hydrogen-bond donors (Lipinski definition) is 3. The standard InChI is InChI=1S/C27H29BrN2O5/c1-15-11-19-25(27(35)30(2)26(19)34)20(14-31)24(15)23(33)8-6-16(21-5-3-4-10-29-21)12-17-13-18(28)7-9-22(17)32/h3-5,7,9-10,12-13,19-20,23,25,31-33H,6,8,11,14H2,1-2H3/b16-12-/t19-,20+,23-,25-/m1/s1. The average molecular weight is 541 g/mol. The number of phenols is 1. The van der Waals surface area contributed by atoms with Crippen LogP contribution in [0.3, 0.4) is 0 Å². The molecule has 4 atom stereocenters. The second-order valence-corrected chi connectivity index (χ2v) is 10.2. The van der Waals surface area contributed by atoms with Gasteiger partial charge in [-0.1, -0.05) is 27.6 Å². The summed E-state index contributed by atoms with van der Waals surface area (Å²) in [6, 6.07) is 10.7. The van der Waals surface area contributed by atoms with Crippen molar-refractivity contribution >= 4 is 39.4 Å². The van der Waals surface area contributed by atoms with Crippen molar-refractivity contribution in [2.24, 2.45) is 17.8 Å². The van der Waals surface area contributed by atoms with Crippen molar-refractivity contribution in [1.29, 1.82) is 0 Å². The Morgan fingerprint density at radius 2 is 2.03 bits per heavy atom. The number of likely N-dealkylation sites (tertiary alicyclic amines) is 1. The molecular weight excluding hydrogens is 512 g/mol. The Bertz CT molecular complexity index is 1190. The van der Waals surface area contributed by atoms with E-state index in [4.69, 9.17) is 0 Å². The van der Waals surface area contributed by atoms with Gasteiger partial charge in [-0.3, -0.25) is 19.5 Å². The van der Waals surface area contributed by atoms with Gasteiger partial charge < -0.3 is 15.3 Å². The quantitative estimate of drug-likeness (QED) is 0.364. The van der Waals surface area contributed by atoms with Gasteiger partial charge in [-0.05, 0) is 73.7 Å². The molecule has 4 rings (SSSR count). The number of aromatic hydroxyl groups is 1. The molecule has 1 aromatic carbocycles. The number of aliphatic hydroxyl groups excluding tert-OH is 2. The van der Waals surface area contributed by atoms with E-state index in [1.54, 1.807) is 18.3 Å². The zero-order valence-electron chi connectivity index (χ0n) is 19.7. The van der Waals surface area contributed by atoms with Gasteiger partial charge in [-0.25, -0.2) is 0 Å². The van der Waals surface area contributed by atoms with E-state index in [1.807, 2.05) is 37.3 Å². The molecule has 0 radical (unpaired) electrons. The number of pyridine rings is 1. The maximum Gasteiger partial charge on any atom is 0.233 e. The highest BCUT2D eigenvalue weighted by atomic mass is 79.9. The van der Waals surface area contributed by atoms with Crippen LogP contribution in [0.25, 0.3) is 11.6 Å². The number of halogens is 1. The van der Waals surface area contributed by atoms with Gasteiger partial charge in [-0.2, -0.15) is 0 Å². The summed E-state index contributed by atoms with van der Waals surface area (Å²) >= 11 is 3.43. The van der Waals surface area contributed by atoms with Gasteiger partial charge in [0.05, 0.1) is 30.2 Å². The average Bonchev–Trinajstić information content (AvgIpc) is 3.06. The minimum absolute atomic E-state index is 0.132. The van der Waals surface area contributed by atoms with E-state index in [1.165, 1.54) is 7.05 Å². The normalized spacial score (nSPS) is 23.6. The third-order valence-electron chi connectivity index (χ3n) is 7.10. The van der Waals surface area contributed by atoms with Gasteiger partial charge >= 0.3 is 0 Å². The van der Waals surface area contributed by atoms with Crippen LogP contribution in [0.15, 0.2) is 58.2 Å². The fraction of sp³-hybridized carbons (Fsp3) is 0.370. The smallest absolute Gasteiger partial charge is 0.233 e. The molecule has 0 unspecified atom stereocenters. The second kappa shape index (κ2) is 10.4. The number of phenolic OH excluding ortho intramolecular Hbond substituents is 1. The fourth-order valence-corrected chi connectivity index (χ4v) is 5.76. The number of rotatable bonds is 7. The van der Waals surface area contributed by atoms with Crippen molar-refractivity contribution in [3.05, 3.63) is 69.5 Å². The molecule has 184 valence electrons. The molecule has 0 bridgehead atoms. The molecule has 1 aromatic heterocycles. The monoisotopic (exact) mass is 540 g/mol. The summed E-state index contributed by atoms with van der Waals surface area (Å²) in [5, 5.41) is 31.8. The lowest BCUT2D eigenvalue weighted by atomic mass is 9.68. The lowest BCUT2D eigenvalue weighted by Gasteiger charge is -2.35. The number of fused-ring (bicyclic) bond motifs is 1. The van der Waals surface area contributed by atoms with E-state index < -0.39 is 23.9 Å². The van der Waals surface area contributed by atoms with Crippen molar-refractivity contribution < 1.29 is 24.9 Å². The first-order chi connectivity index (χ1) is 16.7. The summed E-state index contributed by atoms with van der Waals surface area (Å²) < 4.78 is 0.825. The maximum absolute atomic E-state index is 12.8. The van der Waals surface area contributed by atoms with Crippen LogP contribution < -0.4 is 0 Å². The van der Waals surface area contributed by atoms with Crippen LogP contribution >= 0.6 is 15.9 Å². The molecule has 2 aromatic rings. The van der Waals surface area contributed by atoms with Crippen molar-refractivity contribution in [3.8, 4) is 5.75 Å². The van der Waals surface area contributed by atoms with Crippen molar-refractivity contribution in [1.82, 2.24) is 9.88 Å². The predicted molar refractivity (Wildman–Crippen MR) is 136 cm³/mol. The predicted octanol–water partition coefficient (Wildman–Crippen LogP) is 3.79. The number of aromatic nitrogens is 1. The number of carbonyl (C=O) groups excluding carboxylic acids is 2. The van der Waals surface area contributed by atoms with E-state index in [2.05, 4.69) is 20.9 Å². The first-order valence-corrected chi connectivity index (χ1v) is 12.4. The van der Waals surface area contributed by atoms with Crippen LogP contribution in [0.1, 0.15) is 37.4 Å². The molecule has 1 fully saturated rings. The highest BCUT2D eigenvalue weighted by molar-refractivity contribution is 9.10. The summed E-state index contributed by atoms with van der Waals surface area (Å²) in [5.41, 5.74) is 3.68. The van der Waals surface area contributed by atoms with Gasteiger partial charge in [0, 0.05) is 29.2 Å². The van der Waals surface area contributed by atoms with Crippen LogP contribution in [0.5, 0.6) is 5.75 Å². The summed E-state index contributed by atoms with van der Waals surface area (Å²) in [6.07, 6.45) is 3.82. The first kappa shape index (κ1) is 25.3. The summed E-state index contributed by atoms with van der Waals surface area (Å²) in [7, 11) is 1.48. The van der Waals surface area contributed by atoms with Crippen LogP contribution in [-0.4, -0.2) is 56.8 Å². The SMILES string of the molecule is CC1=C([C@H](O)CC/C(=C/c2cc(Br)ccc2O)c2ccccn2)[C@H](CO)[C@@H]2C(=O)N(C)C(=O)[C@@H]2C1. The van der Waals surface area contributed by atoms with Crippen molar-refractivity contribution in [3.63, 3.8) is 0 Å². The topological polar surface area (TPSA) is 111 Å². The molecule has 0 spiro atoms. The first-order valence-electron chi connectivity index (χ1n) is 11.6. The second-order valence-electron chi connectivity index (χ2n) is 9.24. The molecule has 7 nitrogen and oxygen atoms in total. The largest absolute Gasteiger partial charge is 0.507 e. The number of hydrogen-bond acceptors (Lipinski definition) is 6. The Balaban J connectivity index is 1.62. The highest BCUT2D eigenvalue weighted by Crippen LogP contribution is 2.45. The van der Waals surface area contributed by atoms with Gasteiger partial charge in [0.2, 0.25) is 11.8 Å². The fourth-order valence-electron chi connectivity index (χ4n) is 5.38. The molecule has 2 heterocycles. The Morgan fingerprint density at radius 3 is 2.71 bits per heavy atom. The van der Waals surface area contributed by atoms with Crippen LogP contribution in [0, 0.1) is 17.8 Å². The zero-order chi connectivity index (χ0) is 25.3. The minimum atomic E-state index is -0.898. The summed E-state index contributed by atoms with van der Waals surface area (Å²) in [4.78, 5) is 30.9. The Kier molecular flexibility index (Phi) is 7.54. The highest BCUT2D eigenvalue weighted by Gasteiger charge is 2.53. The third-order valence-corrected chi connectivity index (χ3v) is 7.60. The molecule has 0 saturated carbocycles. The van der Waals surface area contributed by atoms with Crippen LogP contribution in [0.4, 0.5) is 0 Å². The summed E-state index contributed by atoms with van der Waals surface area (Å²) in [6.45, 7) is 1.55. The number of benzene rings is 1. The van der Waals surface area contributed by atoms with Crippen molar-refractivity contribution in [2.45, 2.75) is 32.3 Å². The van der Waals surface area contributed by atoms with Gasteiger partial charge in [0.15, 0.2) is 0 Å². The molecule has 1 aliphatic heterocycles. The van der Waals surface area contributed by atoms with Crippen molar-refractivity contribution in [2.75, 3.05) is 13.7 Å². The molecule has 1 aliphatic carbocycles. The lowest BCUT2D eigenvalue weighted by molar-refractivity contribution is -0.138. The zero-order valence-corrected chi connectivity index (χ0v) is 21.3. The van der Waals surface area contributed by atoms with E-state index in [0.717, 1.165) is 26.2 Å². The van der Waals surface area contributed by atoms with Gasteiger partial charge in [0.1, 0.15) is 5.75 Å². The molecule has 35 heavy (non-hydrogen) atoms. The number of aliphatic hydroxyl groups is 2. The minimum Gasteiger partial charge on any atom is -0.507 e. The number of amides is 2. The lowest BCUT2D eigenvalue weighted by Crippen LogP contribution is -2.38. The molecule has 1 saturated heterocycles. The molecular formula is C27H29BrN2O5. The number of imide groups is 1. The maximum atomic E-state index is 12.8. The Morgan fingerprint density at radius 1 is 1.26 bits per heavy atom. The number of carbonyl (C=O) groups is 2. The van der Waals surface area contributed by atoms with E-state index in [-0.39, 0.29) is 24.2 Å². The molecule has 8 heteroatoms. The molecule has 3 N–H and O–H groups in total. The Hall–Kier alpha value is -2.81. The number of allylic oxidation sites excluding steroid dienone is 2. The molecule has 2 amide bonds. The van der Waals surface area contributed by atoms with Gasteiger partial charge in [-0.15, -0.1) is 0 Å². The van der Waals surface area contributed by atoms with Gasteiger partial charge in [0.25, 0.3) is 0 Å². The van der Waals surface area contributed by atoms with Crippen LogP contribution in [-0.2, 0) is 9.59 Å². The Labute approximate surface area is 212 Å². The van der Waals surface area contributed by atoms with E-state index >= 15 is 0 Å². The molecule has 2 aliphatic rings. The van der Waals surface area contributed by atoms with E-state index in [9.17, 15) is 24.9 Å². The third kappa shape index (κ3) is 4.96. The summed E-state index contributed by atoms with van der Waals surface area (Å²) in [5.74, 6) is -2.11. The van der Waals surface area contributed by atoms with E-state index in [0.29, 0.717) is 30.4 Å².